The Bertz CT molecular complexity index is 507. The van der Waals surface area contributed by atoms with Crippen LogP contribution in [0, 0.1) is 0 Å². The number of aliphatic imine (C=N–C) groups is 1. The van der Waals surface area contributed by atoms with Gasteiger partial charge in [0, 0.05) is 19.4 Å². The van der Waals surface area contributed by atoms with E-state index in [-0.39, 0.29) is 5.91 Å². The molecule has 2 aliphatic heterocycles. The molecule has 1 amide bonds. The first-order valence-corrected chi connectivity index (χ1v) is 7.08. The number of hydrogen-bond acceptors (Lipinski definition) is 4. The highest BCUT2D eigenvalue weighted by Gasteiger charge is 2.48. The Kier molecular flexibility index (Phi) is 3.69. The van der Waals surface area contributed by atoms with Gasteiger partial charge in [-0.05, 0) is 25.1 Å². The van der Waals surface area contributed by atoms with Gasteiger partial charge in [-0.2, -0.15) is 0 Å². The third-order valence-electron chi connectivity index (χ3n) is 3.84. The first-order valence-electron chi connectivity index (χ1n) is 7.08. The van der Waals surface area contributed by atoms with Gasteiger partial charge in [-0.3, -0.25) is 10.1 Å². The topological polar surface area (TPSA) is 62.7 Å². The van der Waals surface area contributed by atoms with Gasteiger partial charge in [-0.25, -0.2) is 4.99 Å². The van der Waals surface area contributed by atoms with E-state index in [0.29, 0.717) is 25.4 Å². The van der Waals surface area contributed by atoms with E-state index >= 15 is 0 Å². The number of rotatable bonds is 3. The zero-order chi connectivity index (χ0) is 13.8. The van der Waals surface area contributed by atoms with Crippen molar-refractivity contribution >= 4 is 11.9 Å². The maximum absolute atomic E-state index is 12.0. The summed E-state index contributed by atoms with van der Waals surface area (Å²) in [6.07, 6.45) is 2.26. The van der Waals surface area contributed by atoms with Crippen LogP contribution >= 0.6 is 0 Å². The molecule has 2 saturated heterocycles. The van der Waals surface area contributed by atoms with Crippen molar-refractivity contribution in [2.24, 2.45) is 4.99 Å². The van der Waals surface area contributed by atoms with Crippen LogP contribution in [0.5, 0.6) is 0 Å². The Morgan fingerprint density at radius 2 is 1.95 bits per heavy atom. The Morgan fingerprint density at radius 1 is 1.20 bits per heavy atom. The van der Waals surface area contributed by atoms with E-state index in [1.807, 2.05) is 18.2 Å². The quantitative estimate of drug-likeness (QED) is 0.858. The van der Waals surface area contributed by atoms with Gasteiger partial charge < -0.3 is 10.1 Å². The van der Waals surface area contributed by atoms with Crippen molar-refractivity contribution in [3.8, 4) is 0 Å². The molecule has 0 atom stereocenters. The highest BCUT2D eigenvalue weighted by molar-refractivity contribution is 6.04. The van der Waals surface area contributed by atoms with Crippen molar-refractivity contribution in [1.82, 2.24) is 10.6 Å². The number of carbonyl (C=O) groups is 1. The molecule has 2 aliphatic rings. The molecule has 1 spiro atoms. The summed E-state index contributed by atoms with van der Waals surface area (Å²) in [7, 11) is 0. The highest BCUT2D eigenvalue weighted by atomic mass is 16.5. The smallest absolute Gasteiger partial charge is 0.292 e. The summed E-state index contributed by atoms with van der Waals surface area (Å²) >= 11 is 0. The molecule has 0 saturated carbocycles. The van der Waals surface area contributed by atoms with Crippen molar-refractivity contribution < 1.29 is 9.53 Å². The Balaban J connectivity index is 1.59. The fourth-order valence-corrected chi connectivity index (χ4v) is 2.63. The highest BCUT2D eigenvalue weighted by Crippen LogP contribution is 2.27. The number of nitrogens with zero attached hydrogens (tertiary/aromatic N) is 1. The number of nitrogens with one attached hydrogen (secondary N) is 2. The van der Waals surface area contributed by atoms with Crippen LogP contribution in [0.4, 0.5) is 0 Å². The third-order valence-corrected chi connectivity index (χ3v) is 3.84. The zero-order valence-electron chi connectivity index (χ0n) is 11.4. The lowest BCUT2D eigenvalue weighted by molar-refractivity contribution is -0.132. The van der Waals surface area contributed by atoms with E-state index in [0.717, 1.165) is 19.5 Å². The van der Waals surface area contributed by atoms with Crippen molar-refractivity contribution in [3.63, 3.8) is 0 Å². The number of benzene rings is 1. The molecule has 5 nitrogen and oxygen atoms in total. The second-order valence-corrected chi connectivity index (χ2v) is 5.22. The molecule has 2 heterocycles. The van der Waals surface area contributed by atoms with Gasteiger partial charge in [-0.1, -0.05) is 30.3 Å². The van der Waals surface area contributed by atoms with Crippen LogP contribution in [0.2, 0.25) is 0 Å². The van der Waals surface area contributed by atoms with E-state index in [9.17, 15) is 4.79 Å². The Morgan fingerprint density at radius 3 is 2.70 bits per heavy atom. The van der Waals surface area contributed by atoms with Crippen molar-refractivity contribution in [2.45, 2.75) is 24.9 Å². The van der Waals surface area contributed by atoms with Crippen LogP contribution < -0.4 is 10.6 Å². The van der Waals surface area contributed by atoms with Gasteiger partial charge in [0.15, 0.2) is 5.60 Å². The van der Waals surface area contributed by atoms with Gasteiger partial charge in [0.25, 0.3) is 11.9 Å². The number of hydrogen-bond donors (Lipinski definition) is 2. The monoisotopic (exact) mass is 273 g/mol. The minimum atomic E-state index is -0.684. The zero-order valence-corrected chi connectivity index (χ0v) is 11.4. The predicted octanol–water partition coefficient (Wildman–Crippen LogP) is 0.854. The van der Waals surface area contributed by atoms with Gasteiger partial charge in [-0.15, -0.1) is 0 Å². The fraction of sp³-hybridized carbons (Fsp3) is 0.467. The van der Waals surface area contributed by atoms with Crippen molar-refractivity contribution in [1.29, 1.82) is 0 Å². The van der Waals surface area contributed by atoms with Crippen LogP contribution in [0.1, 0.15) is 18.4 Å². The van der Waals surface area contributed by atoms with Gasteiger partial charge in [0.1, 0.15) is 0 Å². The van der Waals surface area contributed by atoms with E-state index in [1.54, 1.807) is 0 Å². The molecule has 5 heteroatoms. The molecule has 0 unspecified atom stereocenters. The molecule has 2 N–H and O–H groups in total. The van der Waals surface area contributed by atoms with E-state index < -0.39 is 5.60 Å². The number of carbonyl (C=O) groups excluding carboxylic acids is 1. The lowest BCUT2D eigenvalue weighted by Gasteiger charge is -2.29. The number of piperidine rings is 1. The summed E-state index contributed by atoms with van der Waals surface area (Å²) in [6.45, 7) is 2.24. The lowest BCUT2D eigenvalue weighted by Crippen LogP contribution is -2.47. The van der Waals surface area contributed by atoms with Crippen LogP contribution in [-0.4, -0.2) is 37.2 Å². The molecule has 0 aromatic heterocycles. The molecular weight excluding hydrogens is 254 g/mol. The molecule has 2 fully saturated rings. The van der Waals surface area contributed by atoms with Gasteiger partial charge in [0.05, 0.1) is 0 Å². The largest absolute Gasteiger partial charge is 0.448 e. The first kappa shape index (κ1) is 13.1. The molecule has 1 aromatic carbocycles. The molecular formula is C15H19N3O2. The second kappa shape index (κ2) is 5.63. The number of amidine groups is 1. The van der Waals surface area contributed by atoms with Crippen molar-refractivity contribution in [2.75, 3.05) is 19.6 Å². The van der Waals surface area contributed by atoms with Crippen LogP contribution in [0.3, 0.4) is 0 Å². The summed E-state index contributed by atoms with van der Waals surface area (Å²) < 4.78 is 5.79. The van der Waals surface area contributed by atoms with Crippen LogP contribution in [0.25, 0.3) is 0 Å². The van der Waals surface area contributed by atoms with E-state index in [2.05, 4.69) is 27.8 Å². The summed E-state index contributed by atoms with van der Waals surface area (Å²) in [5.74, 6) is -0.0440. The molecule has 3 rings (SSSR count). The number of ether oxygens (including phenoxy) is 1. The third kappa shape index (κ3) is 2.67. The number of amides is 1. The molecule has 0 aliphatic carbocycles. The first-order chi connectivity index (χ1) is 9.78. The molecule has 1 aromatic rings. The van der Waals surface area contributed by atoms with Crippen molar-refractivity contribution in [3.05, 3.63) is 35.9 Å². The van der Waals surface area contributed by atoms with E-state index in [4.69, 9.17) is 4.74 Å². The summed E-state index contributed by atoms with van der Waals surface area (Å²) in [5, 5.41) is 6.00. The maximum atomic E-state index is 12.0. The fourth-order valence-electron chi connectivity index (χ4n) is 2.63. The predicted molar refractivity (Wildman–Crippen MR) is 76.5 cm³/mol. The molecule has 106 valence electrons. The summed E-state index contributed by atoms with van der Waals surface area (Å²) in [6, 6.07) is 10.6. The molecule has 20 heavy (non-hydrogen) atoms. The van der Waals surface area contributed by atoms with E-state index in [1.165, 1.54) is 5.56 Å². The minimum Gasteiger partial charge on any atom is -0.448 e. The maximum Gasteiger partial charge on any atom is 0.292 e. The van der Waals surface area contributed by atoms with Crippen LogP contribution in [0.15, 0.2) is 35.3 Å². The second-order valence-electron chi connectivity index (χ2n) is 5.22. The summed E-state index contributed by atoms with van der Waals surface area (Å²) in [5.41, 5.74) is 0.550. The lowest BCUT2D eigenvalue weighted by atomic mass is 9.92. The molecule has 0 radical (unpaired) electrons. The average Bonchev–Trinajstić information content (AvgIpc) is 2.77. The summed E-state index contributed by atoms with van der Waals surface area (Å²) in [4.78, 5) is 16.4. The Hall–Kier alpha value is -1.88. The average molecular weight is 273 g/mol. The Labute approximate surface area is 118 Å². The minimum absolute atomic E-state index is 0.0440. The SMILES string of the molecule is O=C1NC(=NCCc2ccccc2)OC12CCNCC2. The normalized spacial score (nSPS) is 22.8. The van der Waals surface area contributed by atoms with Gasteiger partial charge >= 0.3 is 0 Å². The van der Waals surface area contributed by atoms with Gasteiger partial charge in [0.2, 0.25) is 0 Å². The molecule has 0 bridgehead atoms. The van der Waals surface area contributed by atoms with Crippen LogP contribution in [-0.2, 0) is 16.0 Å². The standard InChI is InChI=1S/C15H19N3O2/c19-13-15(7-10-16-11-8-15)20-14(18-13)17-9-6-12-4-2-1-3-5-12/h1-5,16H,6-11H2,(H,17,18,19).